The van der Waals surface area contributed by atoms with Gasteiger partial charge in [-0.1, -0.05) is 6.08 Å². The fraction of sp³-hybridized carbons (Fsp3) is 0.500. The lowest BCUT2D eigenvalue weighted by Crippen LogP contribution is -2.42. The number of rotatable bonds is 4. The van der Waals surface area contributed by atoms with Crippen LogP contribution in [-0.4, -0.2) is 36.1 Å². The fourth-order valence-electron chi connectivity index (χ4n) is 0.566. The summed E-state index contributed by atoms with van der Waals surface area (Å²) in [6.07, 6.45) is 0.816. The number of amides is 2. The quantitative estimate of drug-likeness (QED) is 0.380. The van der Waals surface area contributed by atoms with Crippen LogP contribution < -0.4 is 10.6 Å². The molecule has 2 amide bonds. The number of aliphatic hydroxyl groups is 1. The Bertz CT molecular complexity index is 202. The third-order valence-corrected chi connectivity index (χ3v) is 1.17. The summed E-state index contributed by atoms with van der Waals surface area (Å²) in [4.78, 5) is 21.7. The van der Waals surface area contributed by atoms with Crippen molar-refractivity contribution in [2.24, 2.45) is 0 Å². The Morgan fingerprint density at radius 3 is 2.46 bits per heavy atom. The number of aliphatic hydroxyl groups excluding tert-OH is 1. The average molecular weight is 186 g/mol. The highest BCUT2D eigenvalue weighted by molar-refractivity contribution is 6.35. The molecule has 0 aliphatic rings. The molecule has 0 aromatic rings. The fourth-order valence-corrected chi connectivity index (χ4v) is 0.566. The van der Waals surface area contributed by atoms with Gasteiger partial charge in [-0.15, -0.1) is 6.58 Å². The van der Waals surface area contributed by atoms with E-state index < -0.39 is 17.9 Å². The predicted octanol–water partition coefficient (Wildman–Crippen LogP) is -1.21. The highest BCUT2D eigenvalue weighted by Gasteiger charge is 2.11. The molecule has 0 radical (unpaired) electrons. The van der Waals surface area contributed by atoms with Crippen LogP contribution in [0, 0.1) is 0 Å². The van der Waals surface area contributed by atoms with Gasteiger partial charge in [0, 0.05) is 13.1 Å². The second-order valence-electron chi connectivity index (χ2n) is 2.56. The van der Waals surface area contributed by atoms with E-state index in [1.54, 1.807) is 0 Å². The zero-order valence-electron chi connectivity index (χ0n) is 7.54. The molecule has 0 saturated carbocycles. The normalized spacial score (nSPS) is 11.5. The number of hydrogen-bond acceptors (Lipinski definition) is 3. The van der Waals surface area contributed by atoms with Gasteiger partial charge in [0.15, 0.2) is 0 Å². The molecule has 0 saturated heterocycles. The van der Waals surface area contributed by atoms with Crippen molar-refractivity contribution in [1.82, 2.24) is 10.6 Å². The molecule has 0 aromatic heterocycles. The summed E-state index contributed by atoms with van der Waals surface area (Å²) in [6.45, 7) is 5.22. The molecule has 0 spiro atoms. The molecule has 3 N–H and O–H groups in total. The Morgan fingerprint density at radius 2 is 2.00 bits per heavy atom. The maximum atomic E-state index is 10.9. The van der Waals surface area contributed by atoms with E-state index in [1.807, 2.05) is 0 Å². The first-order chi connectivity index (χ1) is 6.07. The summed E-state index contributed by atoms with van der Waals surface area (Å²) in [5.74, 6) is -1.47. The SMILES string of the molecule is C=CCNC(=O)C(=O)NCC(C)O. The molecule has 13 heavy (non-hydrogen) atoms. The van der Waals surface area contributed by atoms with Gasteiger partial charge in [-0.3, -0.25) is 9.59 Å². The van der Waals surface area contributed by atoms with E-state index in [9.17, 15) is 9.59 Å². The number of hydrogen-bond donors (Lipinski definition) is 3. The number of carbonyl (C=O) groups is 2. The molecule has 5 heteroatoms. The molecule has 0 aliphatic carbocycles. The third kappa shape index (κ3) is 5.86. The Hall–Kier alpha value is -1.36. The van der Waals surface area contributed by atoms with Crippen LogP contribution in [0.2, 0.25) is 0 Å². The summed E-state index contributed by atoms with van der Waals surface area (Å²) < 4.78 is 0. The van der Waals surface area contributed by atoms with Gasteiger partial charge < -0.3 is 15.7 Å². The Kier molecular flexibility index (Phi) is 5.54. The summed E-state index contributed by atoms with van der Waals surface area (Å²) in [7, 11) is 0. The monoisotopic (exact) mass is 186 g/mol. The maximum Gasteiger partial charge on any atom is 0.309 e. The molecule has 1 atom stereocenters. The van der Waals surface area contributed by atoms with Crippen molar-refractivity contribution in [3.63, 3.8) is 0 Å². The van der Waals surface area contributed by atoms with Crippen LogP contribution >= 0.6 is 0 Å². The van der Waals surface area contributed by atoms with Gasteiger partial charge in [0.25, 0.3) is 0 Å². The van der Waals surface area contributed by atoms with Crippen LogP contribution in [0.15, 0.2) is 12.7 Å². The van der Waals surface area contributed by atoms with Gasteiger partial charge in [0.2, 0.25) is 0 Å². The third-order valence-electron chi connectivity index (χ3n) is 1.17. The van der Waals surface area contributed by atoms with Crippen LogP contribution in [0.4, 0.5) is 0 Å². The minimum Gasteiger partial charge on any atom is -0.392 e. The molecule has 74 valence electrons. The van der Waals surface area contributed by atoms with Crippen molar-refractivity contribution in [3.05, 3.63) is 12.7 Å². The van der Waals surface area contributed by atoms with Crippen LogP contribution in [0.5, 0.6) is 0 Å². The highest BCUT2D eigenvalue weighted by Crippen LogP contribution is 1.75. The van der Waals surface area contributed by atoms with Gasteiger partial charge in [-0.25, -0.2) is 0 Å². The largest absolute Gasteiger partial charge is 0.392 e. The molecular formula is C8H14N2O3. The number of nitrogens with one attached hydrogen (secondary N) is 2. The lowest BCUT2D eigenvalue weighted by molar-refractivity contribution is -0.139. The molecule has 0 heterocycles. The van der Waals surface area contributed by atoms with Crippen LogP contribution in [0.1, 0.15) is 6.92 Å². The molecule has 0 rings (SSSR count). The second kappa shape index (κ2) is 6.19. The summed E-state index contributed by atoms with van der Waals surface area (Å²) in [6, 6.07) is 0. The minimum absolute atomic E-state index is 0.0698. The highest BCUT2D eigenvalue weighted by atomic mass is 16.3. The Labute approximate surface area is 76.8 Å². The second-order valence-corrected chi connectivity index (χ2v) is 2.56. The molecule has 0 aromatic carbocycles. The maximum absolute atomic E-state index is 10.9. The van der Waals surface area contributed by atoms with Crippen molar-refractivity contribution >= 4 is 11.8 Å². The Morgan fingerprint density at radius 1 is 1.46 bits per heavy atom. The smallest absolute Gasteiger partial charge is 0.309 e. The Balaban J connectivity index is 3.69. The standard InChI is InChI=1S/C8H14N2O3/c1-3-4-9-7(12)8(13)10-5-6(2)11/h3,6,11H,1,4-5H2,2H3,(H,9,12)(H,10,13). The topological polar surface area (TPSA) is 78.4 Å². The van der Waals surface area contributed by atoms with E-state index in [2.05, 4.69) is 17.2 Å². The molecule has 5 nitrogen and oxygen atoms in total. The first-order valence-electron chi connectivity index (χ1n) is 3.93. The first-order valence-corrected chi connectivity index (χ1v) is 3.93. The minimum atomic E-state index is -0.747. The predicted molar refractivity (Wildman–Crippen MR) is 47.9 cm³/mol. The van der Waals surface area contributed by atoms with E-state index in [-0.39, 0.29) is 13.1 Å². The van der Waals surface area contributed by atoms with Crippen LogP contribution in [0.3, 0.4) is 0 Å². The zero-order chi connectivity index (χ0) is 10.3. The van der Waals surface area contributed by atoms with Gasteiger partial charge >= 0.3 is 11.8 Å². The van der Waals surface area contributed by atoms with E-state index in [1.165, 1.54) is 13.0 Å². The lowest BCUT2D eigenvalue weighted by Gasteiger charge is -2.06. The molecule has 0 fully saturated rings. The zero-order valence-corrected chi connectivity index (χ0v) is 7.54. The molecule has 0 bridgehead atoms. The van der Waals surface area contributed by atoms with E-state index in [0.29, 0.717) is 0 Å². The summed E-state index contributed by atoms with van der Waals surface area (Å²) in [5, 5.41) is 13.4. The van der Waals surface area contributed by atoms with Crippen molar-refractivity contribution < 1.29 is 14.7 Å². The molecule has 0 aliphatic heterocycles. The molecular weight excluding hydrogens is 172 g/mol. The van der Waals surface area contributed by atoms with Gasteiger partial charge in [0.1, 0.15) is 0 Å². The van der Waals surface area contributed by atoms with Crippen LogP contribution in [-0.2, 0) is 9.59 Å². The van der Waals surface area contributed by atoms with E-state index >= 15 is 0 Å². The van der Waals surface area contributed by atoms with Gasteiger partial charge in [-0.2, -0.15) is 0 Å². The summed E-state index contributed by atoms with van der Waals surface area (Å²) >= 11 is 0. The van der Waals surface area contributed by atoms with Crippen LogP contribution in [0.25, 0.3) is 0 Å². The average Bonchev–Trinajstić information content (AvgIpc) is 2.10. The van der Waals surface area contributed by atoms with Crippen molar-refractivity contribution in [2.45, 2.75) is 13.0 Å². The summed E-state index contributed by atoms with van der Waals surface area (Å²) in [5.41, 5.74) is 0. The van der Waals surface area contributed by atoms with E-state index in [4.69, 9.17) is 5.11 Å². The number of carbonyl (C=O) groups excluding carboxylic acids is 2. The van der Waals surface area contributed by atoms with Gasteiger partial charge in [0.05, 0.1) is 6.10 Å². The van der Waals surface area contributed by atoms with Crippen molar-refractivity contribution in [1.29, 1.82) is 0 Å². The van der Waals surface area contributed by atoms with Gasteiger partial charge in [-0.05, 0) is 6.92 Å². The first kappa shape index (κ1) is 11.6. The van der Waals surface area contributed by atoms with Crippen molar-refractivity contribution in [3.8, 4) is 0 Å². The van der Waals surface area contributed by atoms with E-state index in [0.717, 1.165) is 0 Å². The molecule has 1 unspecified atom stereocenters. The lowest BCUT2D eigenvalue weighted by atomic mass is 10.4. The van der Waals surface area contributed by atoms with Crippen molar-refractivity contribution in [2.75, 3.05) is 13.1 Å².